The highest BCUT2D eigenvalue weighted by molar-refractivity contribution is 6.07. The van der Waals surface area contributed by atoms with Crippen LogP contribution in [0.1, 0.15) is 23.2 Å². The van der Waals surface area contributed by atoms with Crippen LogP contribution in [0.25, 0.3) is 10.9 Å². The number of piperazine rings is 1. The van der Waals surface area contributed by atoms with E-state index in [1.807, 2.05) is 47.0 Å². The van der Waals surface area contributed by atoms with Gasteiger partial charge in [0.05, 0.1) is 24.3 Å². The number of aliphatic hydroxyl groups excluding tert-OH is 1. The van der Waals surface area contributed by atoms with Crippen molar-refractivity contribution in [1.82, 2.24) is 20.1 Å². The molecule has 1 aliphatic heterocycles. The minimum atomic E-state index is -0.667. The Hall–Kier alpha value is -2.38. The van der Waals surface area contributed by atoms with Crippen molar-refractivity contribution in [3.8, 4) is 0 Å². The van der Waals surface area contributed by atoms with Gasteiger partial charge in [0, 0.05) is 43.3 Å². The van der Waals surface area contributed by atoms with Crippen LogP contribution in [0.2, 0.25) is 0 Å². The largest absolute Gasteiger partial charge is 0.389 e. The fraction of sp³-hybridized carbons (Fsp3) is 0.474. The normalized spacial score (nSPS) is 26.8. The van der Waals surface area contributed by atoms with Crippen molar-refractivity contribution in [2.45, 2.75) is 31.0 Å². The van der Waals surface area contributed by atoms with E-state index < -0.39 is 6.10 Å². The first-order valence-electron chi connectivity index (χ1n) is 9.08. The van der Waals surface area contributed by atoms with Crippen LogP contribution in [0.4, 0.5) is 0 Å². The molecule has 0 bridgehead atoms. The topological polar surface area (TPSA) is 86.6 Å². The minimum Gasteiger partial charge on any atom is -0.389 e. The number of aryl methyl sites for hydroxylation is 1. The molecule has 2 amide bonds. The van der Waals surface area contributed by atoms with Crippen LogP contribution < -0.4 is 10.6 Å². The van der Waals surface area contributed by atoms with Gasteiger partial charge in [0.25, 0.3) is 5.91 Å². The molecular formula is C19H24N4O3. The first kappa shape index (κ1) is 17.1. The summed E-state index contributed by atoms with van der Waals surface area (Å²) < 4.78 is 1.93. The van der Waals surface area contributed by atoms with E-state index in [0.717, 1.165) is 23.9 Å². The standard InChI is InChI=1S/C19H24N4O3/c1-22-10-13(12-4-2-3-5-15(12)22)19(26)21-14-6-7-16(18(14)25)23-9-8-20-17(24)11-23/h2-5,10,14,16,18,25H,6-9,11H2,1H3,(H,20,24)(H,21,26)/t14-,16-,18-/m1/s1. The second-order valence-corrected chi connectivity index (χ2v) is 7.21. The lowest BCUT2D eigenvalue weighted by Gasteiger charge is -2.34. The van der Waals surface area contributed by atoms with Gasteiger partial charge in [-0.05, 0) is 18.9 Å². The van der Waals surface area contributed by atoms with E-state index in [1.165, 1.54) is 0 Å². The van der Waals surface area contributed by atoms with Gasteiger partial charge in [-0.25, -0.2) is 0 Å². The first-order chi connectivity index (χ1) is 12.5. The number of benzene rings is 1. The lowest BCUT2D eigenvalue weighted by molar-refractivity contribution is -0.125. The molecule has 1 saturated carbocycles. The number of hydrogen-bond acceptors (Lipinski definition) is 4. The fourth-order valence-corrected chi connectivity index (χ4v) is 4.23. The molecule has 2 fully saturated rings. The zero-order valence-corrected chi connectivity index (χ0v) is 14.8. The maximum Gasteiger partial charge on any atom is 0.253 e. The third kappa shape index (κ3) is 2.97. The molecule has 26 heavy (non-hydrogen) atoms. The van der Waals surface area contributed by atoms with Crippen LogP contribution in [0, 0.1) is 0 Å². The Balaban J connectivity index is 1.47. The van der Waals surface area contributed by atoms with Gasteiger partial charge in [0.2, 0.25) is 5.91 Å². The smallest absolute Gasteiger partial charge is 0.253 e. The van der Waals surface area contributed by atoms with Gasteiger partial charge < -0.3 is 20.3 Å². The summed E-state index contributed by atoms with van der Waals surface area (Å²) in [4.78, 5) is 26.4. The maximum absolute atomic E-state index is 12.8. The van der Waals surface area contributed by atoms with E-state index in [2.05, 4.69) is 10.6 Å². The maximum atomic E-state index is 12.8. The van der Waals surface area contributed by atoms with E-state index in [9.17, 15) is 14.7 Å². The number of fused-ring (bicyclic) bond motifs is 1. The Kier molecular flexibility index (Phi) is 4.42. The zero-order chi connectivity index (χ0) is 18.3. The summed E-state index contributed by atoms with van der Waals surface area (Å²) in [6.07, 6.45) is 2.64. The summed E-state index contributed by atoms with van der Waals surface area (Å²) in [6, 6.07) is 7.40. The molecule has 0 radical (unpaired) electrons. The lowest BCUT2D eigenvalue weighted by atomic mass is 10.1. The van der Waals surface area contributed by atoms with E-state index in [-0.39, 0.29) is 23.9 Å². The fourth-order valence-electron chi connectivity index (χ4n) is 4.23. The summed E-state index contributed by atoms with van der Waals surface area (Å²) in [7, 11) is 1.92. The van der Waals surface area contributed by atoms with Crippen molar-refractivity contribution >= 4 is 22.7 Å². The van der Waals surface area contributed by atoms with E-state index in [4.69, 9.17) is 0 Å². The monoisotopic (exact) mass is 356 g/mol. The quantitative estimate of drug-likeness (QED) is 0.735. The summed E-state index contributed by atoms with van der Waals surface area (Å²) >= 11 is 0. The van der Waals surface area contributed by atoms with E-state index in [0.29, 0.717) is 25.1 Å². The molecule has 0 unspecified atom stereocenters. The molecule has 1 aliphatic carbocycles. The molecule has 1 aromatic carbocycles. The average Bonchev–Trinajstić information content (AvgIpc) is 3.16. The Morgan fingerprint density at radius 3 is 2.92 bits per heavy atom. The SMILES string of the molecule is Cn1cc(C(=O)N[C@@H]2CC[C@@H](N3CCNC(=O)C3)[C@@H]2O)c2ccccc21. The van der Waals surface area contributed by atoms with Gasteiger partial charge in [-0.2, -0.15) is 0 Å². The second-order valence-electron chi connectivity index (χ2n) is 7.21. The van der Waals surface area contributed by atoms with E-state index in [1.54, 1.807) is 0 Å². The third-order valence-electron chi connectivity index (χ3n) is 5.57. The molecule has 2 heterocycles. The predicted molar refractivity (Wildman–Crippen MR) is 97.8 cm³/mol. The van der Waals surface area contributed by atoms with Gasteiger partial charge in [-0.3, -0.25) is 14.5 Å². The lowest BCUT2D eigenvalue weighted by Crippen LogP contribution is -2.55. The van der Waals surface area contributed by atoms with Crippen LogP contribution in [0.15, 0.2) is 30.5 Å². The number of amides is 2. The predicted octanol–water partition coefficient (Wildman–Crippen LogP) is 0.232. The highest BCUT2D eigenvalue weighted by atomic mass is 16.3. The van der Waals surface area contributed by atoms with Crippen molar-refractivity contribution in [2.24, 2.45) is 7.05 Å². The van der Waals surface area contributed by atoms with Gasteiger partial charge in [-0.15, -0.1) is 0 Å². The Morgan fingerprint density at radius 1 is 1.31 bits per heavy atom. The summed E-state index contributed by atoms with van der Waals surface area (Å²) in [5.74, 6) is -0.172. The van der Waals surface area contributed by atoms with Crippen molar-refractivity contribution < 1.29 is 14.7 Å². The summed E-state index contributed by atoms with van der Waals surface area (Å²) in [5, 5.41) is 17.4. The first-order valence-corrected chi connectivity index (χ1v) is 9.08. The Bertz CT molecular complexity index is 846. The van der Waals surface area contributed by atoms with E-state index >= 15 is 0 Å². The van der Waals surface area contributed by atoms with Crippen molar-refractivity contribution in [2.75, 3.05) is 19.6 Å². The minimum absolute atomic E-state index is 0.00769. The number of aliphatic hydroxyl groups is 1. The molecule has 4 rings (SSSR count). The van der Waals surface area contributed by atoms with Crippen LogP contribution in [0.5, 0.6) is 0 Å². The van der Waals surface area contributed by atoms with Gasteiger partial charge in [-0.1, -0.05) is 18.2 Å². The zero-order valence-electron chi connectivity index (χ0n) is 14.8. The second kappa shape index (κ2) is 6.74. The van der Waals surface area contributed by atoms with Crippen molar-refractivity contribution in [3.63, 3.8) is 0 Å². The summed E-state index contributed by atoms with van der Waals surface area (Å²) in [5.41, 5.74) is 1.62. The number of para-hydroxylation sites is 1. The summed E-state index contributed by atoms with van der Waals surface area (Å²) in [6.45, 7) is 1.65. The molecule has 7 heteroatoms. The third-order valence-corrected chi connectivity index (χ3v) is 5.57. The number of rotatable bonds is 3. The average molecular weight is 356 g/mol. The van der Waals surface area contributed by atoms with Gasteiger partial charge in [0.15, 0.2) is 0 Å². The van der Waals surface area contributed by atoms with Crippen molar-refractivity contribution in [3.05, 3.63) is 36.0 Å². The molecule has 3 atom stereocenters. The number of hydrogen-bond donors (Lipinski definition) is 3. The van der Waals surface area contributed by atoms with Crippen LogP contribution >= 0.6 is 0 Å². The Morgan fingerprint density at radius 2 is 2.12 bits per heavy atom. The number of carbonyl (C=O) groups excluding carboxylic acids is 2. The molecule has 3 N–H and O–H groups in total. The molecule has 7 nitrogen and oxygen atoms in total. The number of carbonyl (C=O) groups is 2. The van der Waals surface area contributed by atoms with Crippen LogP contribution in [-0.4, -0.2) is 64.2 Å². The molecule has 0 spiro atoms. The molecule has 2 aromatic rings. The van der Waals surface area contributed by atoms with Gasteiger partial charge >= 0.3 is 0 Å². The number of nitrogens with one attached hydrogen (secondary N) is 2. The van der Waals surface area contributed by atoms with Crippen LogP contribution in [-0.2, 0) is 11.8 Å². The number of aromatic nitrogens is 1. The molecular weight excluding hydrogens is 332 g/mol. The molecule has 138 valence electrons. The van der Waals surface area contributed by atoms with Crippen LogP contribution in [0.3, 0.4) is 0 Å². The Labute approximate surface area is 152 Å². The highest BCUT2D eigenvalue weighted by Crippen LogP contribution is 2.26. The molecule has 1 aromatic heterocycles. The molecule has 2 aliphatic rings. The van der Waals surface area contributed by atoms with Crippen molar-refractivity contribution in [1.29, 1.82) is 0 Å². The van der Waals surface area contributed by atoms with Gasteiger partial charge in [0.1, 0.15) is 0 Å². The highest BCUT2D eigenvalue weighted by Gasteiger charge is 2.40. The molecule has 1 saturated heterocycles. The number of nitrogens with zero attached hydrogens (tertiary/aromatic N) is 2.